The smallest absolute Gasteiger partial charge is 0.228 e. The third-order valence-electron chi connectivity index (χ3n) is 4.65. The van der Waals surface area contributed by atoms with E-state index in [1.807, 2.05) is 0 Å². The van der Waals surface area contributed by atoms with Crippen molar-refractivity contribution in [3.63, 3.8) is 0 Å². The molecule has 0 unspecified atom stereocenters. The minimum Gasteiger partial charge on any atom is -0.339 e. The van der Waals surface area contributed by atoms with Crippen LogP contribution in [0.1, 0.15) is 13.3 Å². The van der Waals surface area contributed by atoms with Crippen molar-refractivity contribution < 1.29 is 14.4 Å². The van der Waals surface area contributed by atoms with Gasteiger partial charge in [0.15, 0.2) is 0 Å². The van der Waals surface area contributed by atoms with Gasteiger partial charge in [0.05, 0.1) is 5.92 Å². The van der Waals surface area contributed by atoms with Gasteiger partial charge in [-0.25, -0.2) is 0 Å². The van der Waals surface area contributed by atoms with Gasteiger partial charge in [-0.15, -0.1) is 0 Å². The van der Waals surface area contributed by atoms with Crippen LogP contribution in [-0.2, 0) is 14.4 Å². The zero-order valence-corrected chi connectivity index (χ0v) is 14.3. The summed E-state index contributed by atoms with van der Waals surface area (Å²) >= 11 is 5.88. The quantitative estimate of drug-likeness (QED) is 0.810. The number of hydrogen-bond acceptors (Lipinski definition) is 3. The highest BCUT2D eigenvalue weighted by Gasteiger charge is 2.38. The Hall–Kier alpha value is -2.08. The van der Waals surface area contributed by atoms with E-state index >= 15 is 0 Å². The van der Waals surface area contributed by atoms with Gasteiger partial charge >= 0.3 is 0 Å². The molecule has 1 aromatic rings. The van der Waals surface area contributed by atoms with Gasteiger partial charge in [-0.1, -0.05) is 11.6 Å². The van der Waals surface area contributed by atoms with Gasteiger partial charge in [0.1, 0.15) is 0 Å². The van der Waals surface area contributed by atoms with Crippen molar-refractivity contribution >= 4 is 35.0 Å². The lowest BCUT2D eigenvalue weighted by Gasteiger charge is -2.35. The fraction of sp³-hybridized carbons (Fsp3) is 0.471. The summed E-state index contributed by atoms with van der Waals surface area (Å²) in [5.41, 5.74) is 0.765. The Morgan fingerprint density at radius 2 is 1.62 bits per heavy atom. The van der Waals surface area contributed by atoms with Crippen LogP contribution in [0, 0.1) is 5.92 Å². The van der Waals surface area contributed by atoms with Crippen LogP contribution >= 0.6 is 11.6 Å². The highest BCUT2D eigenvalue weighted by molar-refractivity contribution is 6.30. The van der Waals surface area contributed by atoms with E-state index in [2.05, 4.69) is 0 Å². The van der Waals surface area contributed by atoms with E-state index in [4.69, 9.17) is 11.6 Å². The van der Waals surface area contributed by atoms with Gasteiger partial charge in [-0.3, -0.25) is 14.4 Å². The third-order valence-corrected chi connectivity index (χ3v) is 4.90. The average molecular weight is 350 g/mol. The number of carbonyl (C=O) groups excluding carboxylic acids is 3. The summed E-state index contributed by atoms with van der Waals surface area (Å²) in [5.74, 6) is -0.329. The molecule has 2 heterocycles. The highest BCUT2D eigenvalue weighted by Crippen LogP contribution is 2.27. The molecule has 2 aliphatic heterocycles. The standard InChI is InChI=1S/C17H20ClN3O3/c1-12(22)19-6-8-20(9-7-19)17(24)13-10-16(23)21(11-13)15-4-2-14(18)3-5-15/h2-5,13H,6-11H2,1H3/t13-/m1/s1. The van der Waals surface area contributed by atoms with Gasteiger partial charge < -0.3 is 14.7 Å². The fourth-order valence-electron chi connectivity index (χ4n) is 3.24. The van der Waals surface area contributed by atoms with Crippen LogP contribution in [-0.4, -0.2) is 60.2 Å². The van der Waals surface area contributed by atoms with Crippen molar-refractivity contribution in [2.75, 3.05) is 37.6 Å². The number of rotatable bonds is 2. The van der Waals surface area contributed by atoms with Crippen molar-refractivity contribution in [2.45, 2.75) is 13.3 Å². The van der Waals surface area contributed by atoms with Crippen molar-refractivity contribution in [1.82, 2.24) is 9.80 Å². The van der Waals surface area contributed by atoms with Crippen LogP contribution < -0.4 is 4.90 Å². The number of amides is 3. The first-order valence-corrected chi connectivity index (χ1v) is 8.43. The lowest BCUT2D eigenvalue weighted by Crippen LogP contribution is -2.51. The van der Waals surface area contributed by atoms with E-state index < -0.39 is 0 Å². The molecule has 0 radical (unpaired) electrons. The summed E-state index contributed by atoms with van der Waals surface area (Å²) in [6, 6.07) is 7.05. The molecule has 128 valence electrons. The van der Waals surface area contributed by atoms with E-state index in [0.29, 0.717) is 37.7 Å². The summed E-state index contributed by atoms with van der Waals surface area (Å²) in [5, 5.41) is 0.612. The first-order chi connectivity index (χ1) is 11.5. The number of piperazine rings is 1. The molecule has 3 rings (SSSR count). The summed E-state index contributed by atoms with van der Waals surface area (Å²) < 4.78 is 0. The van der Waals surface area contributed by atoms with Crippen LogP contribution in [0.4, 0.5) is 5.69 Å². The summed E-state index contributed by atoms with van der Waals surface area (Å²) in [4.78, 5) is 41.5. The van der Waals surface area contributed by atoms with Crippen LogP contribution in [0.2, 0.25) is 5.02 Å². The van der Waals surface area contributed by atoms with Crippen molar-refractivity contribution in [3.05, 3.63) is 29.3 Å². The van der Waals surface area contributed by atoms with Crippen LogP contribution in [0.5, 0.6) is 0 Å². The zero-order chi connectivity index (χ0) is 17.3. The molecule has 3 amide bonds. The Labute approximate surface area is 146 Å². The van der Waals surface area contributed by atoms with Gasteiger partial charge in [-0.2, -0.15) is 0 Å². The van der Waals surface area contributed by atoms with Crippen LogP contribution in [0.15, 0.2) is 24.3 Å². The molecule has 7 heteroatoms. The maximum Gasteiger partial charge on any atom is 0.228 e. The highest BCUT2D eigenvalue weighted by atomic mass is 35.5. The minimum absolute atomic E-state index is 0.00279. The topological polar surface area (TPSA) is 60.9 Å². The molecule has 0 N–H and O–H groups in total. The number of halogens is 1. The predicted octanol–water partition coefficient (Wildman–Crippen LogP) is 1.38. The zero-order valence-electron chi connectivity index (χ0n) is 13.6. The molecule has 1 atom stereocenters. The Bertz CT molecular complexity index is 654. The second-order valence-electron chi connectivity index (χ2n) is 6.21. The van der Waals surface area contributed by atoms with Crippen LogP contribution in [0.25, 0.3) is 0 Å². The summed E-state index contributed by atoms with van der Waals surface area (Å²) in [6.45, 7) is 4.11. The molecular weight excluding hydrogens is 330 g/mol. The molecule has 24 heavy (non-hydrogen) atoms. The largest absolute Gasteiger partial charge is 0.339 e. The van der Waals surface area contributed by atoms with E-state index in [0.717, 1.165) is 5.69 Å². The Morgan fingerprint density at radius 1 is 1.04 bits per heavy atom. The Balaban J connectivity index is 1.62. The monoisotopic (exact) mass is 349 g/mol. The molecule has 0 aliphatic carbocycles. The first kappa shape index (κ1) is 16.8. The second-order valence-corrected chi connectivity index (χ2v) is 6.65. The number of carbonyl (C=O) groups is 3. The molecular formula is C17H20ClN3O3. The fourth-order valence-corrected chi connectivity index (χ4v) is 3.37. The van der Waals surface area contributed by atoms with Gasteiger partial charge in [0.25, 0.3) is 0 Å². The Morgan fingerprint density at radius 3 is 2.21 bits per heavy atom. The van der Waals surface area contributed by atoms with E-state index in [-0.39, 0.29) is 30.1 Å². The molecule has 0 saturated carbocycles. The lowest BCUT2D eigenvalue weighted by molar-refractivity contribution is -0.141. The van der Waals surface area contributed by atoms with E-state index in [9.17, 15) is 14.4 Å². The van der Waals surface area contributed by atoms with Crippen molar-refractivity contribution in [3.8, 4) is 0 Å². The summed E-state index contributed by atoms with van der Waals surface area (Å²) in [6.07, 6.45) is 0.231. The molecule has 2 aliphatic rings. The third kappa shape index (κ3) is 3.38. The summed E-state index contributed by atoms with van der Waals surface area (Å²) in [7, 11) is 0. The van der Waals surface area contributed by atoms with Gasteiger partial charge in [0.2, 0.25) is 17.7 Å². The lowest BCUT2D eigenvalue weighted by atomic mass is 10.1. The minimum atomic E-state index is -0.322. The molecule has 0 aromatic heterocycles. The molecule has 0 spiro atoms. The first-order valence-electron chi connectivity index (χ1n) is 8.06. The molecule has 2 saturated heterocycles. The van der Waals surface area contributed by atoms with Crippen LogP contribution in [0.3, 0.4) is 0 Å². The average Bonchev–Trinajstić information content (AvgIpc) is 2.97. The predicted molar refractivity (Wildman–Crippen MR) is 90.7 cm³/mol. The maximum atomic E-state index is 12.7. The number of nitrogens with zero attached hydrogens (tertiary/aromatic N) is 3. The number of hydrogen-bond donors (Lipinski definition) is 0. The second kappa shape index (κ2) is 6.81. The normalized spacial score (nSPS) is 21.3. The van der Waals surface area contributed by atoms with Crippen molar-refractivity contribution in [1.29, 1.82) is 0 Å². The van der Waals surface area contributed by atoms with E-state index in [1.54, 1.807) is 39.0 Å². The molecule has 1 aromatic carbocycles. The number of benzene rings is 1. The molecule has 0 bridgehead atoms. The molecule has 2 fully saturated rings. The SMILES string of the molecule is CC(=O)N1CCN(C(=O)[C@@H]2CC(=O)N(c3ccc(Cl)cc3)C2)CC1. The van der Waals surface area contributed by atoms with Gasteiger partial charge in [-0.05, 0) is 24.3 Å². The van der Waals surface area contributed by atoms with Crippen molar-refractivity contribution in [2.24, 2.45) is 5.92 Å². The van der Waals surface area contributed by atoms with Gasteiger partial charge in [0, 0.05) is 56.8 Å². The Kier molecular flexibility index (Phi) is 4.76. The van der Waals surface area contributed by atoms with E-state index in [1.165, 1.54) is 6.92 Å². The molecule has 6 nitrogen and oxygen atoms in total. The number of anilines is 1. The maximum absolute atomic E-state index is 12.7.